The Balaban J connectivity index is 1.45. The molecule has 194 valence electrons. The van der Waals surface area contributed by atoms with Crippen LogP contribution >= 0.6 is 0 Å². The zero-order chi connectivity index (χ0) is 26.1. The van der Waals surface area contributed by atoms with Gasteiger partial charge in [-0.15, -0.1) is 0 Å². The van der Waals surface area contributed by atoms with Crippen LogP contribution in [0.15, 0.2) is 53.7 Å². The average molecular weight is 525 g/mol. The van der Waals surface area contributed by atoms with E-state index in [1.54, 1.807) is 6.07 Å². The van der Waals surface area contributed by atoms with Crippen molar-refractivity contribution in [3.05, 3.63) is 60.2 Å². The number of halogens is 3. The Hall–Kier alpha value is -2.80. The Kier molecular flexibility index (Phi) is 7.24. The van der Waals surface area contributed by atoms with Gasteiger partial charge >= 0.3 is 0 Å². The maximum absolute atomic E-state index is 14.9. The summed E-state index contributed by atoms with van der Waals surface area (Å²) in [6.45, 7) is 1.17. The molecule has 1 aromatic heterocycles. The van der Waals surface area contributed by atoms with E-state index in [4.69, 9.17) is 0 Å². The van der Waals surface area contributed by atoms with E-state index in [2.05, 4.69) is 14.7 Å². The second kappa shape index (κ2) is 9.92. The summed E-state index contributed by atoms with van der Waals surface area (Å²) in [6, 6.07) is 8.10. The third-order valence-electron chi connectivity index (χ3n) is 6.39. The minimum absolute atomic E-state index is 0.0437. The molecule has 0 bridgehead atoms. The lowest BCUT2D eigenvalue weighted by atomic mass is 9.86. The first-order valence-corrected chi connectivity index (χ1v) is 12.9. The predicted octanol–water partition coefficient (Wildman–Crippen LogP) is 3.82. The zero-order valence-corrected chi connectivity index (χ0v) is 20.3. The van der Waals surface area contributed by atoms with E-state index >= 15 is 0 Å². The van der Waals surface area contributed by atoms with Crippen LogP contribution in [0.5, 0.6) is 0 Å². The summed E-state index contributed by atoms with van der Waals surface area (Å²) in [6.07, 6.45) is 1.29. The third-order valence-corrected chi connectivity index (χ3v) is 7.80. The van der Waals surface area contributed by atoms with Crippen LogP contribution < -0.4 is 4.72 Å². The molecule has 8 nitrogen and oxygen atoms in total. The van der Waals surface area contributed by atoms with Gasteiger partial charge in [-0.1, -0.05) is 12.1 Å². The number of para-hydroxylation sites is 1. The normalized spacial score (nSPS) is 17.7. The Morgan fingerprint density at radius 1 is 1.17 bits per heavy atom. The molecule has 12 heteroatoms. The van der Waals surface area contributed by atoms with Gasteiger partial charge in [-0.25, -0.2) is 21.6 Å². The van der Waals surface area contributed by atoms with Crippen molar-refractivity contribution in [2.75, 3.05) is 17.8 Å². The van der Waals surface area contributed by atoms with Crippen LogP contribution in [-0.2, 0) is 10.0 Å². The number of aliphatic hydroxyl groups excluding tert-OH is 1. The highest BCUT2D eigenvalue weighted by Gasteiger charge is 2.37. The van der Waals surface area contributed by atoms with Gasteiger partial charge in [0.15, 0.2) is 0 Å². The number of alkyl halides is 2. The molecule has 1 unspecified atom stereocenters. The summed E-state index contributed by atoms with van der Waals surface area (Å²) in [5.41, 5.74) is -0.811. The van der Waals surface area contributed by atoms with Gasteiger partial charge in [-0.2, -0.15) is 0 Å². The Labute approximate surface area is 206 Å². The molecule has 4 rings (SSSR count). The molecular formula is C24H27F3N4O4S. The van der Waals surface area contributed by atoms with Crippen molar-refractivity contribution in [2.24, 2.45) is 0 Å². The van der Waals surface area contributed by atoms with E-state index in [0.717, 1.165) is 13.0 Å². The van der Waals surface area contributed by atoms with Gasteiger partial charge in [0.05, 0.1) is 16.8 Å². The lowest BCUT2D eigenvalue weighted by Crippen LogP contribution is -2.46. The second-order valence-electron chi connectivity index (χ2n) is 9.23. The predicted molar refractivity (Wildman–Crippen MR) is 127 cm³/mol. The SMILES string of the molecule is CC(F)(F)CCC1(O)CCN(C(O)c2ccc(NS(=O)(=O)c3cccc4nccnc34)cc2F)CC1. The number of aromatic nitrogens is 2. The number of likely N-dealkylation sites (tertiary alicyclic amines) is 1. The van der Waals surface area contributed by atoms with E-state index in [9.17, 15) is 31.8 Å². The first-order chi connectivity index (χ1) is 16.9. The monoisotopic (exact) mass is 524 g/mol. The second-order valence-corrected chi connectivity index (χ2v) is 10.9. The molecule has 0 radical (unpaired) electrons. The molecule has 1 atom stereocenters. The summed E-state index contributed by atoms with van der Waals surface area (Å²) in [5, 5.41) is 21.3. The van der Waals surface area contributed by atoms with Crippen molar-refractivity contribution in [1.82, 2.24) is 14.9 Å². The van der Waals surface area contributed by atoms with Crippen molar-refractivity contribution in [3.63, 3.8) is 0 Å². The smallest absolute Gasteiger partial charge is 0.264 e. The van der Waals surface area contributed by atoms with Gasteiger partial charge in [-0.3, -0.25) is 19.6 Å². The number of anilines is 1. The van der Waals surface area contributed by atoms with Crippen LogP contribution in [0.4, 0.5) is 18.9 Å². The minimum Gasteiger partial charge on any atom is -0.390 e. The number of nitrogens with one attached hydrogen (secondary N) is 1. The van der Waals surface area contributed by atoms with Crippen molar-refractivity contribution < 1.29 is 31.8 Å². The van der Waals surface area contributed by atoms with Crippen LogP contribution in [0.25, 0.3) is 11.0 Å². The topological polar surface area (TPSA) is 116 Å². The molecule has 2 aromatic carbocycles. The van der Waals surface area contributed by atoms with Crippen molar-refractivity contribution >= 4 is 26.7 Å². The van der Waals surface area contributed by atoms with Gasteiger partial charge in [0.2, 0.25) is 5.92 Å². The number of benzene rings is 2. The van der Waals surface area contributed by atoms with Crippen molar-refractivity contribution in [3.8, 4) is 0 Å². The fourth-order valence-electron chi connectivity index (χ4n) is 4.28. The number of nitrogens with zero attached hydrogens (tertiary/aromatic N) is 3. The highest BCUT2D eigenvalue weighted by Crippen LogP contribution is 2.34. The molecule has 1 aliphatic heterocycles. The van der Waals surface area contributed by atoms with E-state index in [1.807, 2.05) is 0 Å². The largest absolute Gasteiger partial charge is 0.390 e. The van der Waals surface area contributed by atoms with Gasteiger partial charge in [0, 0.05) is 37.5 Å². The molecule has 36 heavy (non-hydrogen) atoms. The Morgan fingerprint density at radius 3 is 2.53 bits per heavy atom. The van der Waals surface area contributed by atoms with Crippen molar-refractivity contribution in [2.45, 2.75) is 55.3 Å². The number of piperidine rings is 1. The fraction of sp³-hybridized carbons (Fsp3) is 0.417. The zero-order valence-electron chi connectivity index (χ0n) is 19.5. The summed E-state index contributed by atoms with van der Waals surface area (Å²) in [4.78, 5) is 9.59. The van der Waals surface area contributed by atoms with Crippen LogP contribution in [0.3, 0.4) is 0 Å². The van der Waals surface area contributed by atoms with E-state index in [0.29, 0.717) is 5.52 Å². The number of rotatable bonds is 8. The molecule has 3 N–H and O–H groups in total. The molecule has 1 fully saturated rings. The maximum atomic E-state index is 14.9. The number of hydrogen-bond donors (Lipinski definition) is 3. The molecule has 0 aliphatic carbocycles. The number of fused-ring (bicyclic) bond motifs is 1. The van der Waals surface area contributed by atoms with Crippen LogP contribution in [0, 0.1) is 5.82 Å². The number of aliphatic hydroxyl groups is 2. The molecular weight excluding hydrogens is 497 g/mol. The summed E-state index contributed by atoms with van der Waals surface area (Å²) in [7, 11) is -4.11. The van der Waals surface area contributed by atoms with Crippen LogP contribution in [0.1, 0.15) is 44.4 Å². The molecule has 1 aliphatic rings. The fourth-order valence-corrected chi connectivity index (χ4v) is 5.49. The van der Waals surface area contributed by atoms with E-state index in [-0.39, 0.29) is 54.0 Å². The quantitative estimate of drug-likeness (QED) is 0.410. The third kappa shape index (κ3) is 5.94. The molecule has 0 spiro atoms. The van der Waals surface area contributed by atoms with Gasteiger partial charge < -0.3 is 10.2 Å². The van der Waals surface area contributed by atoms with Crippen LogP contribution in [0.2, 0.25) is 0 Å². The summed E-state index contributed by atoms with van der Waals surface area (Å²) >= 11 is 0. The Morgan fingerprint density at radius 2 is 1.86 bits per heavy atom. The number of sulfonamides is 1. The molecule has 0 amide bonds. The first-order valence-electron chi connectivity index (χ1n) is 11.4. The standard InChI is InChI=1S/C24H27F3N4O4S/c1-23(26,27)7-8-24(33)9-13-31(14-10-24)22(32)17-6-5-16(15-18(17)25)30-36(34,35)20-4-2-3-19-21(20)29-12-11-28-19/h2-6,11-12,15,22,30,32-33H,7-10,13-14H2,1H3. The highest BCUT2D eigenvalue weighted by atomic mass is 32.2. The van der Waals surface area contributed by atoms with E-state index < -0.39 is 40.0 Å². The average Bonchev–Trinajstić information content (AvgIpc) is 2.82. The lowest BCUT2D eigenvalue weighted by Gasteiger charge is -2.40. The van der Waals surface area contributed by atoms with Crippen molar-refractivity contribution in [1.29, 1.82) is 0 Å². The van der Waals surface area contributed by atoms with Gasteiger partial charge in [0.1, 0.15) is 22.5 Å². The molecule has 2 heterocycles. The molecule has 3 aromatic rings. The van der Waals surface area contributed by atoms with Crippen LogP contribution in [-0.4, -0.2) is 58.1 Å². The summed E-state index contributed by atoms with van der Waals surface area (Å²) < 4.78 is 69.5. The van der Waals surface area contributed by atoms with Gasteiger partial charge in [-0.05, 0) is 50.5 Å². The Bertz CT molecular complexity index is 1340. The summed E-state index contributed by atoms with van der Waals surface area (Å²) in [5.74, 6) is -3.70. The van der Waals surface area contributed by atoms with E-state index in [1.165, 1.54) is 41.6 Å². The minimum atomic E-state index is -4.11. The highest BCUT2D eigenvalue weighted by molar-refractivity contribution is 7.93. The molecule has 0 saturated carbocycles. The number of hydrogen-bond acceptors (Lipinski definition) is 7. The lowest BCUT2D eigenvalue weighted by molar-refractivity contribution is -0.0924. The maximum Gasteiger partial charge on any atom is 0.264 e. The van der Waals surface area contributed by atoms with Gasteiger partial charge in [0.25, 0.3) is 10.0 Å². The molecule has 1 saturated heterocycles. The first kappa shape index (κ1) is 26.3.